The van der Waals surface area contributed by atoms with E-state index in [1.165, 1.54) is 50.1 Å². The molecule has 0 unspecified atom stereocenters. The van der Waals surface area contributed by atoms with Crippen molar-refractivity contribution in [1.29, 1.82) is 0 Å². The topological polar surface area (TPSA) is 83.2 Å². The highest BCUT2D eigenvalue weighted by Gasteiger charge is 2.28. The number of hydrogen-bond acceptors (Lipinski definition) is 9. The first-order chi connectivity index (χ1) is 13.9. The molecule has 0 radical (unpaired) electrons. The number of aromatic nitrogens is 4. The van der Waals surface area contributed by atoms with E-state index < -0.39 is 0 Å². The molecule has 9 heteroatoms. The molecule has 3 aromatic rings. The van der Waals surface area contributed by atoms with Crippen molar-refractivity contribution in [3.05, 3.63) is 22.4 Å². The Hall–Kier alpha value is -2.26. The lowest BCUT2D eigenvalue weighted by Gasteiger charge is -2.40. The molecule has 0 spiro atoms. The Labute approximate surface area is 167 Å². The molecule has 0 atom stereocenters. The second kappa shape index (κ2) is 8.00. The zero-order valence-electron chi connectivity index (χ0n) is 15.9. The summed E-state index contributed by atoms with van der Waals surface area (Å²) in [6.45, 7) is 5.21. The molecule has 148 valence electrons. The molecular formula is C19H25N7OS. The normalized spacial score (nSPS) is 19.4. The van der Waals surface area contributed by atoms with Gasteiger partial charge in [0.2, 0.25) is 11.3 Å². The molecular weight excluding hydrogens is 374 g/mol. The van der Waals surface area contributed by atoms with Gasteiger partial charge in [-0.2, -0.15) is 0 Å². The maximum absolute atomic E-state index is 4.83. The number of nitrogens with one attached hydrogen (secondary N) is 1. The van der Waals surface area contributed by atoms with E-state index in [0.717, 1.165) is 31.3 Å². The van der Waals surface area contributed by atoms with Crippen LogP contribution in [0.2, 0.25) is 0 Å². The number of fused-ring (bicyclic) bond motifs is 1. The fourth-order valence-electron chi connectivity index (χ4n) is 4.28. The van der Waals surface area contributed by atoms with E-state index >= 15 is 0 Å². The molecule has 3 aromatic heterocycles. The van der Waals surface area contributed by atoms with E-state index in [2.05, 4.69) is 47.9 Å². The van der Waals surface area contributed by atoms with Gasteiger partial charge in [-0.1, -0.05) is 12.5 Å². The highest BCUT2D eigenvalue weighted by molar-refractivity contribution is 7.09. The molecule has 2 aliphatic rings. The summed E-state index contributed by atoms with van der Waals surface area (Å²) in [5.41, 5.74) is 0.912. The lowest BCUT2D eigenvalue weighted by molar-refractivity contribution is 0.141. The maximum atomic E-state index is 4.83. The molecule has 2 saturated heterocycles. The summed E-state index contributed by atoms with van der Waals surface area (Å²) in [6.07, 6.45) is 6.41. The minimum absolute atomic E-state index is 0.445. The molecule has 0 aliphatic carbocycles. The van der Waals surface area contributed by atoms with E-state index in [0.29, 0.717) is 17.3 Å². The largest absolute Gasteiger partial charge is 0.362 e. The molecule has 0 bridgehead atoms. The maximum Gasteiger partial charge on any atom is 0.245 e. The van der Waals surface area contributed by atoms with Crippen LogP contribution in [0.4, 0.5) is 11.6 Å². The van der Waals surface area contributed by atoms with E-state index in [1.807, 2.05) is 0 Å². The molecule has 28 heavy (non-hydrogen) atoms. The Morgan fingerprint density at radius 1 is 1.04 bits per heavy atom. The zero-order valence-corrected chi connectivity index (χ0v) is 16.7. The van der Waals surface area contributed by atoms with Crippen molar-refractivity contribution in [3.8, 4) is 0 Å². The van der Waals surface area contributed by atoms with Crippen molar-refractivity contribution in [2.24, 2.45) is 0 Å². The Bertz CT molecular complexity index is 898. The molecule has 5 rings (SSSR count). The van der Waals surface area contributed by atoms with E-state index in [9.17, 15) is 0 Å². The van der Waals surface area contributed by atoms with Gasteiger partial charge >= 0.3 is 0 Å². The molecule has 8 nitrogen and oxygen atoms in total. The van der Waals surface area contributed by atoms with E-state index in [4.69, 9.17) is 9.61 Å². The van der Waals surface area contributed by atoms with Crippen molar-refractivity contribution in [1.82, 2.24) is 25.2 Å². The zero-order chi connectivity index (χ0) is 18.8. The average molecular weight is 400 g/mol. The first-order valence-electron chi connectivity index (χ1n) is 10.1. The van der Waals surface area contributed by atoms with Crippen LogP contribution < -0.4 is 10.2 Å². The molecule has 2 aliphatic heterocycles. The van der Waals surface area contributed by atoms with Gasteiger partial charge in [-0.25, -0.2) is 14.6 Å². The average Bonchev–Trinajstić information content (AvgIpc) is 3.44. The van der Waals surface area contributed by atoms with Gasteiger partial charge in [-0.05, 0) is 60.5 Å². The molecule has 1 N–H and O–H groups in total. The predicted octanol–water partition coefficient (Wildman–Crippen LogP) is 3.14. The Kier molecular flexibility index (Phi) is 5.09. The summed E-state index contributed by atoms with van der Waals surface area (Å²) in [6, 6.07) is 4.87. The highest BCUT2D eigenvalue weighted by atomic mass is 32.1. The van der Waals surface area contributed by atoms with Crippen molar-refractivity contribution >= 4 is 34.3 Å². The minimum Gasteiger partial charge on any atom is -0.362 e. The second-order valence-corrected chi connectivity index (χ2v) is 8.59. The summed E-state index contributed by atoms with van der Waals surface area (Å²) in [7, 11) is 0. The summed E-state index contributed by atoms with van der Waals surface area (Å²) in [4.78, 5) is 15.6. The van der Waals surface area contributed by atoms with Crippen LogP contribution in [0, 0.1) is 0 Å². The summed E-state index contributed by atoms with van der Waals surface area (Å²) in [5.74, 6) is 1.62. The smallest absolute Gasteiger partial charge is 0.245 e. The highest BCUT2D eigenvalue weighted by Crippen LogP contribution is 2.29. The fraction of sp³-hybridized carbons (Fsp3) is 0.579. The predicted molar refractivity (Wildman–Crippen MR) is 110 cm³/mol. The molecule has 0 saturated carbocycles. The van der Waals surface area contributed by atoms with Crippen molar-refractivity contribution in [2.45, 2.75) is 44.7 Å². The van der Waals surface area contributed by atoms with Gasteiger partial charge in [0.25, 0.3) is 0 Å². The van der Waals surface area contributed by atoms with Crippen molar-refractivity contribution in [2.75, 3.05) is 36.4 Å². The fourth-order valence-corrected chi connectivity index (χ4v) is 4.92. The van der Waals surface area contributed by atoms with Gasteiger partial charge < -0.3 is 15.1 Å². The lowest BCUT2D eigenvalue weighted by atomic mass is 10.00. The number of likely N-dealkylation sites (tertiary alicyclic amines) is 1. The van der Waals surface area contributed by atoms with Crippen LogP contribution in [0.15, 0.2) is 22.1 Å². The summed E-state index contributed by atoms with van der Waals surface area (Å²) >= 11 is 1.73. The SMILES string of the molecule is c1csc(CNc2nc3nonc3nc2N2CCC(N3CCCCC3)CC2)c1. The number of piperidine rings is 2. The van der Waals surface area contributed by atoms with Crippen molar-refractivity contribution < 1.29 is 4.63 Å². The Balaban J connectivity index is 1.33. The summed E-state index contributed by atoms with van der Waals surface area (Å²) in [5, 5.41) is 13.3. The van der Waals surface area contributed by atoms with Gasteiger partial charge in [-0.3, -0.25) is 0 Å². The third-order valence-corrected chi connectivity index (χ3v) is 6.65. The van der Waals surface area contributed by atoms with Crippen LogP contribution >= 0.6 is 11.3 Å². The van der Waals surface area contributed by atoms with Crippen molar-refractivity contribution in [3.63, 3.8) is 0 Å². The van der Waals surface area contributed by atoms with E-state index in [1.54, 1.807) is 11.3 Å². The number of nitrogens with zero attached hydrogens (tertiary/aromatic N) is 6. The number of rotatable bonds is 5. The molecule has 0 amide bonds. The Morgan fingerprint density at radius 2 is 1.82 bits per heavy atom. The molecule has 5 heterocycles. The van der Waals surface area contributed by atoms with Crippen LogP contribution in [0.1, 0.15) is 37.0 Å². The molecule has 2 fully saturated rings. The number of hydrogen-bond donors (Lipinski definition) is 1. The number of anilines is 2. The van der Waals surface area contributed by atoms with E-state index in [-0.39, 0.29) is 0 Å². The second-order valence-electron chi connectivity index (χ2n) is 7.56. The van der Waals surface area contributed by atoms with Gasteiger partial charge in [0.1, 0.15) is 0 Å². The third kappa shape index (κ3) is 3.68. The van der Waals surface area contributed by atoms with Crippen LogP contribution in [0.25, 0.3) is 11.3 Å². The van der Waals surface area contributed by atoms with Gasteiger partial charge in [0.05, 0.1) is 6.54 Å². The minimum atomic E-state index is 0.445. The third-order valence-electron chi connectivity index (χ3n) is 5.78. The first kappa shape index (κ1) is 17.8. The van der Waals surface area contributed by atoms with Gasteiger partial charge in [-0.15, -0.1) is 11.3 Å². The summed E-state index contributed by atoms with van der Waals surface area (Å²) < 4.78 is 4.83. The lowest BCUT2D eigenvalue weighted by Crippen LogP contribution is -2.47. The quantitative estimate of drug-likeness (QED) is 0.701. The van der Waals surface area contributed by atoms with Crippen LogP contribution in [0.3, 0.4) is 0 Å². The monoisotopic (exact) mass is 399 g/mol. The standard InChI is InChI=1S/C19H25N7OS/c1-2-8-25(9-3-1)14-6-10-26(11-7-14)19-18(20-13-15-5-4-12-28-15)21-16-17(22-19)24-27-23-16/h4-5,12,14H,1-3,6-11,13H2,(H,20,21,23). The van der Waals surface area contributed by atoms with Crippen LogP contribution in [-0.2, 0) is 6.54 Å². The first-order valence-corrected chi connectivity index (χ1v) is 11.0. The Morgan fingerprint density at radius 3 is 2.57 bits per heavy atom. The van der Waals surface area contributed by atoms with Gasteiger partial charge in [0, 0.05) is 24.0 Å². The van der Waals surface area contributed by atoms with Gasteiger partial charge in [0.15, 0.2) is 11.6 Å². The van der Waals surface area contributed by atoms with Crippen LogP contribution in [-0.4, -0.2) is 57.4 Å². The number of thiophene rings is 1. The van der Waals surface area contributed by atoms with Crippen LogP contribution in [0.5, 0.6) is 0 Å². The molecule has 0 aromatic carbocycles.